The first-order chi connectivity index (χ1) is 13.3. The Hall–Kier alpha value is -2.75. The highest BCUT2D eigenvalue weighted by Crippen LogP contribution is 2.36. The maximum absolute atomic E-state index is 14.3. The number of nitrogens with zero attached hydrogens (tertiary/aromatic N) is 2. The first kappa shape index (κ1) is 20.0. The van der Waals surface area contributed by atoms with Crippen LogP contribution in [-0.2, 0) is 23.2 Å². The van der Waals surface area contributed by atoms with Gasteiger partial charge in [-0.2, -0.15) is 5.10 Å². The molecule has 3 N–H and O–H groups in total. The van der Waals surface area contributed by atoms with Gasteiger partial charge in [0.1, 0.15) is 5.69 Å². The zero-order valence-corrected chi connectivity index (χ0v) is 16.2. The molecule has 0 bridgehead atoms. The zero-order valence-electron chi connectivity index (χ0n) is 15.4. The molecule has 0 aliphatic carbocycles. The summed E-state index contributed by atoms with van der Waals surface area (Å²) in [4.78, 5) is -0.0226. The van der Waals surface area contributed by atoms with Gasteiger partial charge in [0, 0.05) is 17.7 Å². The molecule has 0 aliphatic heterocycles. The molecule has 1 aromatic heterocycles. The molecule has 0 atom stereocenters. The predicted octanol–water partition coefficient (Wildman–Crippen LogP) is 2.52. The van der Waals surface area contributed by atoms with Crippen molar-refractivity contribution in [2.75, 3.05) is 7.11 Å². The normalized spacial score (nSPS) is 11.6. The molecular weight excluding hydrogens is 385 g/mol. The lowest BCUT2D eigenvalue weighted by molar-refractivity contribution is 0.269. The molecule has 28 heavy (non-hydrogen) atoms. The van der Waals surface area contributed by atoms with Crippen LogP contribution in [0.2, 0.25) is 0 Å². The van der Waals surface area contributed by atoms with Gasteiger partial charge in [-0.15, -0.1) is 0 Å². The highest BCUT2D eigenvalue weighted by Gasteiger charge is 2.21. The molecule has 0 spiro atoms. The lowest BCUT2D eigenvalue weighted by atomic mass is 9.98. The predicted molar refractivity (Wildman–Crippen MR) is 103 cm³/mol. The Morgan fingerprint density at radius 3 is 2.32 bits per heavy atom. The Morgan fingerprint density at radius 1 is 1.18 bits per heavy atom. The van der Waals surface area contributed by atoms with Gasteiger partial charge in [-0.05, 0) is 36.8 Å². The van der Waals surface area contributed by atoms with E-state index in [1.54, 1.807) is 22.9 Å². The van der Waals surface area contributed by atoms with E-state index in [-0.39, 0.29) is 17.3 Å². The first-order valence-corrected chi connectivity index (χ1v) is 10.0. The number of halogens is 1. The number of benzene rings is 2. The molecular formula is C19H20FN3O4S. The number of ether oxygens (including phenoxy) is 1. The summed E-state index contributed by atoms with van der Waals surface area (Å²) >= 11 is 0. The van der Waals surface area contributed by atoms with Crippen LogP contribution >= 0.6 is 0 Å². The second-order valence-corrected chi connectivity index (χ2v) is 7.62. The second-order valence-electron chi connectivity index (χ2n) is 6.06. The fraction of sp³-hybridized carbons (Fsp3) is 0.211. The Bertz CT molecular complexity index is 1110. The van der Waals surface area contributed by atoms with Crippen molar-refractivity contribution in [3.8, 4) is 28.1 Å². The van der Waals surface area contributed by atoms with Crippen LogP contribution in [0.15, 0.2) is 47.4 Å². The van der Waals surface area contributed by atoms with Crippen molar-refractivity contribution < 1.29 is 22.7 Å². The van der Waals surface area contributed by atoms with E-state index in [2.05, 4.69) is 5.10 Å². The van der Waals surface area contributed by atoms with E-state index in [1.165, 1.54) is 31.4 Å². The largest absolute Gasteiger partial charge is 0.494 e. The molecule has 0 aliphatic rings. The Balaban J connectivity index is 2.22. The number of aromatic nitrogens is 2. The lowest BCUT2D eigenvalue weighted by Crippen LogP contribution is -2.11. The lowest BCUT2D eigenvalue weighted by Gasteiger charge is -2.09. The minimum Gasteiger partial charge on any atom is -0.494 e. The molecule has 1 heterocycles. The van der Waals surface area contributed by atoms with Crippen LogP contribution in [0.5, 0.6) is 5.75 Å². The van der Waals surface area contributed by atoms with Crippen molar-refractivity contribution in [3.05, 3.63) is 54.0 Å². The van der Waals surface area contributed by atoms with E-state index in [1.807, 2.05) is 6.92 Å². The number of aliphatic hydroxyl groups is 1. The molecule has 0 amide bonds. The summed E-state index contributed by atoms with van der Waals surface area (Å²) < 4.78 is 43.9. The van der Waals surface area contributed by atoms with E-state index < -0.39 is 15.8 Å². The summed E-state index contributed by atoms with van der Waals surface area (Å²) in [5, 5.41) is 19.6. The minimum atomic E-state index is -3.82. The molecule has 0 unspecified atom stereocenters. The highest BCUT2D eigenvalue weighted by molar-refractivity contribution is 7.89. The summed E-state index contributed by atoms with van der Waals surface area (Å²) in [5.74, 6) is -0.431. The third-order valence-electron chi connectivity index (χ3n) is 4.40. The molecule has 3 rings (SSSR count). The van der Waals surface area contributed by atoms with Crippen LogP contribution in [0, 0.1) is 5.82 Å². The van der Waals surface area contributed by atoms with Crippen molar-refractivity contribution in [2.24, 2.45) is 5.14 Å². The monoisotopic (exact) mass is 405 g/mol. The van der Waals surface area contributed by atoms with Gasteiger partial charge in [-0.25, -0.2) is 17.9 Å². The Morgan fingerprint density at radius 2 is 1.82 bits per heavy atom. The van der Waals surface area contributed by atoms with E-state index in [0.717, 1.165) is 0 Å². The first-order valence-electron chi connectivity index (χ1n) is 8.47. The molecule has 148 valence electrons. The van der Waals surface area contributed by atoms with Gasteiger partial charge in [-0.1, -0.05) is 18.2 Å². The molecule has 0 saturated carbocycles. The number of hydrogen-bond acceptors (Lipinski definition) is 5. The van der Waals surface area contributed by atoms with E-state index in [4.69, 9.17) is 9.88 Å². The molecule has 2 aromatic carbocycles. The minimum absolute atomic E-state index is 0.0226. The maximum atomic E-state index is 14.3. The summed E-state index contributed by atoms with van der Waals surface area (Å²) in [5.41, 5.74) is 2.72. The van der Waals surface area contributed by atoms with Crippen LogP contribution in [0.1, 0.15) is 12.6 Å². The van der Waals surface area contributed by atoms with Crippen LogP contribution in [-0.4, -0.2) is 30.4 Å². The van der Waals surface area contributed by atoms with Gasteiger partial charge < -0.3 is 9.84 Å². The summed E-state index contributed by atoms with van der Waals surface area (Å²) in [6.45, 7) is 2.08. The van der Waals surface area contributed by atoms with E-state index >= 15 is 0 Å². The van der Waals surface area contributed by atoms with Gasteiger partial charge in [0.25, 0.3) is 0 Å². The average molecular weight is 405 g/mol. The zero-order chi connectivity index (χ0) is 20.5. The van der Waals surface area contributed by atoms with Crippen molar-refractivity contribution in [3.63, 3.8) is 0 Å². The fourth-order valence-electron chi connectivity index (χ4n) is 3.05. The van der Waals surface area contributed by atoms with Gasteiger partial charge in [0.2, 0.25) is 10.0 Å². The number of aliphatic hydroxyl groups excluding tert-OH is 1. The molecule has 9 heteroatoms. The summed E-state index contributed by atoms with van der Waals surface area (Å²) in [7, 11) is -2.44. The number of primary sulfonamides is 1. The second kappa shape index (κ2) is 7.70. The number of methoxy groups -OCH3 is 1. The third kappa shape index (κ3) is 3.64. The summed E-state index contributed by atoms with van der Waals surface area (Å²) in [6, 6.07) is 10.4. The van der Waals surface area contributed by atoms with Crippen molar-refractivity contribution in [1.29, 1.82) is 0 Å². The van der Waals surface area contributed by atoms with Gasteiger partial charge in [-0.3, -0.25) is 4.68 Å². The van der Waals surface area contributed by atoms with Crippen LogP contribution in [0.3, 0.4) is 0 Å². The van der Waals surface area contributed by atoms with Crippen molar-refractivity contribution in [1.82, 2.24) is 9.78 Å². The number of sulfonamides is 1. The van der Waals surface area contributed by atoms with E-state index in [0.29, 0.717) is 34.6 Å². The average Bonchev–Trinajstić information content (AvgIpc) is 3.06. The Kier molecular flexibility index (Phi) is 5.50. The Labute approximate surface area is 162 Å². The molecule has 3 aromatic rings. The quantitative estimate of drug-likeness (QED) is 0.655. The molecule has 0 fully saturated rings. The van der Waals surface area contributed by atoms with Crippen molar-refractivity contribution >= 4 is 10.0 Å². The van der Waals surface area contributed by atoms with Crippen LogP contribution in [0.25, 0.3) is 22.4 Å². The molecule has 0 radical (unpaired) electrons. The maximum Gasteiger partial charge on any atom is 0.238 e. The number of hydrogen-bond donors (Lipinski definition) is 2. The fourth-order valence-corrected chi connectivity index (χ4v) is 3.56. The topological polar surface area (TPSA) is 107 Å². The smallest absolute Gasteiger partial charge is 0.238 e. The standard InChI is InChI=1S/C19H20FN3O4S/c1-3-23-16(11-24)18(13-6-9-17(27-2)15(20)10-13)19(22-23)12-4-7-14(8-5-12)28(21,25)26/h4-10,24H,3,11H2,1-2H3,(H2,21,25,26). The number of aryl methyl sites for hydroxylation is 1. The van der Waals surface area contributed by atoms with Gasteiger partial charge in [0.15, 0.2) is 11.6 Å². The van der Waals surface area contributed by atoms with Crippen molar-refractivity contribution in [2.45, 2.75) is 25.0 Å². The summed E-state index contributed by atoms with van der Waals surface area (Å²) in [6.07, 6.45) is 0. The third-order valence-corrected chi connectivity index (χ3v) is 5.33. The van der Waals surface area contributed by atoms with Gasteiger partial charge in [0.05, 0.1) is 24.3 Å². The van der Waals surface area contributed by atoms with Gasteiger partial charge >= 0.3 is 0 Å². The number of rotatable bonds is 6. The van der Waals surface area contributed by atoms with Crippen LogP contribution < -0.4 is 9.88 Å². The van der Waals surface area contributed by atoms with Crippen LogP contribution in [0.4, 0.5) is 4.39 Å². The highest BCUT2D eigenvalue weighted by atomic mass is 32.2. The SMILES string of the molecule is CCn1nc(-c2ccc(S(N)(=O)=O)cc2)c(-c2ccc(OC)c(F)c2)c1CO. The van der Waals surface area contributed by atoms with E-state index in [9.17, 15) is 17.9 Å². The number of nitrogens with two attached hydrogens (primary N) is 1. The molecule has 0 saturated heterocycles. The molecule has 7 nitrogen and oxygen atoms in total.